The Morgan fingerprint density at radius 2 is 1.72 bits per heavy atom. The zero-order valence-corrected chi connectivity index (χ0v) is 24.4. The highest BCUT2D eigenvalue weighted by molar-refractivity contribution is 6.03. The van der Waals surface area contributed by atoms with Crippen LogP contribution in [0.4, 0.5) is 11.4 Å². The zero-order chi connectivity index (χ0) is 30.5. The van der Waals surface area contributed by atoms with Crippen LogP contribution in [0.5, 0.6) is 40.2 Å². The van der Waals surface area contributed by atoms with Crippen molar-refractivity contribution in [3.63, 3.8) is 0 Å². The van der Waals surface area contributed by atoms with E-state index in [1.54, 1.807) is 43.3 Å². The van der Waals surface area contributed by atoms with Crippen LogP contribution in [0.15, 0.2) is 53.5 Å². The molecule has 12 heteroatoms. The highest BCUT2D eigenvalue weighted by Gasteiger charge is 2.32. The maximum Gasteiger partial charge on any atom is 0.352 e. The average Bonchev–Trinajstić information content (AvgIpc) is 3.43. The molecule has 0 aliphatic carbocycles. The van der Waals surface area contributed by atoms with Crippen molar-refractivity contribution >= 4 is 23.5 Å². The van der Waals surface area contributed by atoms with Gasteiger partial charge in [0, 0.05) is 31.3 Å². The number of carbonyl (C=O) groups excluding carboxylic acids is 1. The van der Waals surface area contributed by atoms with E-state index < -0.39 is 11.0 Å². The Morgan fingerprint density at radius 1 is 0.977 bits per heavy atom. The van der Waals surface area contributed by atoms with Crippen LogP contribution in [-0.2, 0) is 0 Å². The number of methoxy groups -OCH3 is 3. The summed E-state index contributed by atoms with van der Waals surface area (Å²) in [6, 6.07) is 12.9. The van der Waals surface area contributed by atoms with Crippen LogP contribution in [0.2, 0.25) is 0 Å². The molecule has 1 amide bonds. The number of ether oxygens (including phenoxy) is 6. The number of aliphatic imine (C=N–C) groups is 1. The second-order valence-corrected chi connectivity index (χ2v) is 10.1. The topological polar surface area (TPSA) is 131 Å². The number of amides is 1. The maximum absolute atomic E-state index is 13.1. The number of rotatable bonds is 12. The molecule has 0 bridgehead atoms. The third kappa shape index (κ3) is 6.27. The maximum atomic E-state index is 13.1. The monoisotopic (exact) mass is 591 g/mol. The molecule has 0 radical (unpaired) electrons. The van der Waals surface area contributed by atoms with Crippen LogP contribution in [0.25, 0.3) is 0 Å². The van der Waals surface area contributed by atoms with Crippen molar-refractivity contribution < 1.29 is 38.1 Å². The molecule has 1 saturated heterocycles. The summed E-state index contributed by atoms with van der Waals surface area (Å²) in [6.07, 6.45) is 3.61. The first-order chi connectivity index (χ1) is 20.8. The first kappa shape index (κ1) is 29.5. The van der Waals surface area contributed by atoms with Crippen molar-refractivity contribution in [1.82, 2.24) is 4.90 Å². The SMILES string of the molecule is COc1ccc(Oc2cccc(OC(C)CCOc3cc4c(cc3OC)C(=O)N3CCC[C@H]3C=N4)c2[N+](=O)[O-])cc1OC. The largest absolute Gasteiger partial charge is 0.493 e. The van der Waals surface area contributed by atoms with Gasteiger partial charge >= 0.3 is 5.69 Å². The van der Waals surface area contributed by atoms with Crippen LogP contribution in [-0.4, -0.2) is 68.6 Å². The van der Waals surface area contributed by atoms with Gasteiger partial charge in [0.05, 0.1) is 56.3 Å². The van der Waals surface area contributed by atoms with Crippen molar-refractivity contribution in [3.05, 3.63) is 64.2 Å². The lowest BCUT2D eigenvalue weighted by Gasteiger charge is -2.20. The Morgan fingerprint density at radius 3 is 2.47 bits per heavy atom. The second-order valence-electron chi connectivity index (χ2n) is 10.1. The number of benzene rings is 3. The smallest absolute Gasteiger partial charge is 0.352 e. The van der Waals surface area contributed by atoms with Crippen LogP contribution < -0.4 is 28.4 Å². The molecular weight excluding hydrogens is 558 g/mol. The number of carbonyl (C=O) groups is 1. The molecule has 0 spiro atoms. The first-order valence-corrected chi connectivity index (χ1v) is 13.9. The standard InChI is InChI=1S/C31H33N3O9/c1-19(12-14-41-29-17-23-22(16-28(29)40-4)31(35)33-13-6-7-20(33)18-32-23)42-25-8-5-9-26(30(25)34(36)37)43-21-10-11-24(38-2)27(15-21)39-3/h5,8-11,15-20H,6-7,12-14H2,1-4H3/t19?,20-/m0/s1. The van der Waals surface area contributed by atoms with E-state index in [9.17, 15) is 14.9 Å². The van der Waals surface area contributed by atoms with Crippen LogP contribution in [0.1, 0.15) is 36.5 Å². The summed E-state index contributed by atoms with van der Waals surface area (Å²) in [5.74, 6) is 2.13. The molecule has 0 aromatic heterocycles. The molecule has 0 N–H and O–H groups in total. The molecule has 2 heterocycles. The van der Waals surface area contributed by atoms with Gasteiger partial charge in [-0.25, -0.2) is 0 Å². The summed E-state index contributed by atoms with van der Waals surface area (Å²) in [6.45, 7) is 2.72. The Hall–Kier alpha value is -5.00. The lowest BCUT2D eigenvalue weighted by atomic mass is 10.1. The third-order valence-electron chi connectivity index (χ3n) is 7.30. The molecule has 0 saturated carbocycles. The minimum Gasteiger partial charge on any atom is -0.493 e. The minimum absolute atomic E-state index is 0.000238. The van der Waals surface area contributed by atoms with E-state index in [1.807, 2.05) is 11.1 Å². The van der Waals surface area contributed by atoms with Gasteiger partial charge in [-0.3, -0.25) is 19.9 Å². The number of nitrogens with zero attached hydrogens (tertiary/aromatic N) is 3. The molecule has 2 aliphatic heterocycles. The van der Waals surface area contributed by atoms with Gasteiger partial charge in [0.25, 0.3) is 5.91 Å². The first-order valence-electron chi connectivity index (χ1n) is 13.9. The molecule has 1 unspecified atom stereocenters. The van der Waals surface area contributed by atoms with Gasteiger partial charge in [-0.05, 0) is 50.1 Å². The molecule has 226 valence electrons. The summed E-state index contributed by atoms with van der Waals surface area (Å²) >= 11 is 0. The van der Waals surface area contributed by atoms with E-state index in [0.717, 1.165) is 12.8 Å². The highest BCUT2D eigenvalue weighted by atomic mass is 16.6. The Balaban J connectivity index is 1.26. The van der Waals surface area contributed by atoms with E-state index in [1.165, 1.54) is 33.5 Å². The van der Waals surface area contributed by atoms with Gasteiger partial charge in [0.2, 0.25) is 11.5 Å². The van der Waals surface area contributed by atoms with E-state index in [-0.39, 0.29) is 35.7 Å². The fourth-order valence-electron chi connectivity index (χ4n) is 5.10. The van der Waals surface area contributed by atoms with Crippen molar-refractivity contribution in [2.24, 2.45) is 4.99 Å². The molecule has 5 rings (SSSR count). The van der Waals surface area contributed by atoms with Crippen LogP contribution in [0, 0.1) is 10.1 Å². The quantitative estimate of drug-likeness (QED) is 0.185. The zero-order valence-electron chi connectivity index (χ0n) is 24.4. The average molecular weight is 592 g/mol. The minimum atomic E-state index is -0.540. The van der Waals surface area contributed by atoms with Crippen molar-refractivity contribution in [1.29, 1.82) is 0 Å². The highest BCUT2D eigenvalue weighted by Crippen LogP contribution is 2.42. The number of hydrogen-bond donors (Lipinski definition) is 0. The van der Waals surface area contributed by atoms with Crippen molar-refractivity contribution in [2.45, 2.75) is 38.3 Å². The fourth-order valence-corrected chi connectivity index (χ4v) is 5.10. The van der Waals surface area contributed by atoms with Gasteiger partial charge in [-0.2, -0.15) is 0 Å². The molecule has 1 fully saturated rings. The molecule has 43 heavy (non-hydrogen) atoms. The molecule has 2 aliphatic rings. The number of fused-ring (bicyclic) bond motifs is 2. The molecular formula is C31H33N3O9. The summed E-state index contributed by atoms with van der Waals surface area (Å²) in [5.41, 5.74) is 0.700. The van der Waals surface area contributed by atoms with E-state index in [0.29, 0.717) is 53.0 Å². The van der Waals surface area contributed by atoms with E-state index in [2.05, 4.69) is 4.99 Å². The van der Waals surface area contributed by atoms with E-state index >= 15 is 0 Å². The number of para-hydroxylation sites is 1. The predicted molar refractivity (Wildman–Crippen MR) is 158 cm³/mol. The Bertz CT molecular complexity index is 1540. The van der Waals surface area contributed by atoms with Gasteiger partial charge in [0.15, 0.2) is 23.0 Å². The van der Waals surface area contributed by atoms with E-state index in [4.69, 9.17) is 28.4 Å². The van der Waals surface area contributed by atoms with Gasteiger partial charge in [-0.1, -0.05) is 6.07 Å². The van der Waals surface area contributed by atoms with Crippen molar-refractivity contribution in [3.8, 4) is 40.2 Å². The van der Waals surface area contributed by atoms with Crippen molar-refractivity contribution in [2.75, 3.05) is 34.5 Å². The second kappa shape index (κ2) is 12.9. The molecule has 12 nitrogen and oxygen atoms in total. The lowest BCUT2D eigenvalue weighted by Crippen LogP contribution is -2.35. The van der Waals surface area contributed by atoms with Gasteiger partial charge < -0.3 is 33.3 Å². The van der Waals surface area contributed by atoms with Crippen LogP contribution >= 0.6 is 0 Å². The molecule has 3 aromatic rings. The Labute approximate surface area is 248 Å². The summed E-state index contributed by atoms with van der Waals surface area (Å²) < 4.78 is 33.9. The number of nitro benzene ring substituents is 1. The summed E-state index contributed by atoms with van der Waals surface area (Å²) in [4.78, 5) is 31.0. The summed E-state index contributed by atoms with van der Waals surface area (Å²) in [5, 5.41) is 12.1. The molecule has 3 aromatic carbocycles. The molecule has 2 atom stereocenters. The lowest BCUT2D eigenvalue weighted by molar-refractivity contribution is -0.386. The van der Waals surface area contributed by atoms with Crippen LogP contribution in [0.3, 0.4) is 0 Å². The fraction of sp³-hybridized carbons (Fsp3) is 0.355. The number of nitro groups is 1. The van der Waals surface area contributed by atoms with Gasteiger partial charge in [0.1, 0.15) is 5.75 Å². The Kier molecular flexibility index (Phi) is 8.84. The summed E-state index contributed by atoms with van der Waals surface area (Å²) in [7, 11) is 4.52. The third-order valence-corrected chi connectivity index (χ3v) is 7.30. The predicted octanol–water partition coefficient (Wildman–Crippen LogP) is 5.97. The van der Waals surface area contributed by atoms with Gasteiger partial charge in [-0.15, -0.1) is 0 Å². The number of hydrogen-bond acceptors (Lipinski definition) is 10. The normalized spacial score (nSPS) is 16.0.